The van der Waals surface area contributed by atoms with Crippen molar-refractivity contribution in [2.24, 2.45) is 11.8 Å². The number of halogens is 1. The van der Waals surface area contributed by atoms with Crippen LogP contribution in [0.15, 0.2) is 77.3 Å². The van der Waals surface area contributed by atoms with Gasteiger partial charge in [-0.3, -0.25) is 29.3 Å². The third kappa shape index (κ3) is 2.85. The summed E-state index contributed by atoms with van der Waals surface area (Å²) in [6.45, 7) is 0. The molecule has 9 nitrogen and oxygen atoms in total. The van der Waals surface area contributed by atoms with Crippen LogP contribution in [0.4, 0.5) is 11.4 Å². The zero-order valence-electron chi connectivity index (χ0n) is 18.3. The number of imide groups is 1. The van der Waals surface area contributed by atoms with Gasteiger partial charge in [0.05, 0.1) is 28.6 Å². The van der Waals surface area contributed by atoms with Crippen LogP contribution in [0.25, 0.3) is 0 Å². The number of hydrogen-bond acceptors (Lipinski definition) is 7. The van der Waals surface area contributed by atoms with Gasteiger partial charge in [0.15, 0.2) is 0 Å². The Morgan fingerprint density at radius 1 is 0.861 bits per heavy atom. The molecule has 0 N–H and O–H groups in total. The molecule has 0 aromatic heterocycles. The molecule has 0 radical (unpaired) electrons. The van der Waals surface area contributed by atoms with E-state index in [4.69, 9.17) is 4.74 Å². The Hall–Kier alpha value is -4.02. The van der Waals surface area contributed by atoms with Crippen LogP contribution in [0, 0.1) is 22.0 Å². The van der Waals surface area contributed by atoms with Crippen LogP contribution in [-0.4, -0.2) is 33.9 Å². The standard InChI is InChI=1S/C26H15BrN2O7/c27-14-10-8-13(9-11-14)21-19-20(26(36-21)22(30)17-6-1-2-7-18(17)23(26)31)25(33)28(24(19)32)15-4-3-5-16(12-15)29(34)35/h1-12,19-21H/t19-,20-,21+/m0/s1. The van der Waals surface area contributed by atoms with Crippen LogP contribution in [0.5, 0.6) is 0 Å². The van der Waals surface area contributed by atoms with Gasteiger partial charge >= 0.3 is 0 Å². The number of ketones is 2. The van der Waals surface area contributed by atoms with Crippen molar-refractivity contribution in [1.29, 1.82) is 0 Å². The number of amides is 2. The van der Waals surface area contributed by atoms with Crippen LogP contribution >= 0.6 is 15.9 Å². The lowest BCUT2D eigenvalue weighted by Crippen LogP contribution is -2.51. The summed E-state index contributed by atoms with van der Waals surface area (Å²) in [5.41, 5.74) is -1.73. The van der Waals surface area contributed by atoms with Crippen LogP contribution in [-0.2, 0) is 14.3 Å². The summed E-state index contributed by atoms with van der Waals surface area (Å²) in [5, 5.41) is 11.3. The average molecular weight is 547 g/mol. The van der Waals surface area contributed by atoms with Gasteiger partial charge in [0.1, 0.15) is 0 Å². The maximum absolute atomic E-state index is 13.9. The first-order valence-corrected chi connectivity index (χ1v) is 11.8. The number of hydrogen-bond donors (Lipinski definition) is 0. The number of anilines is 1. The minimum Gasteiger partial charge on any atom is -0.349 e. The summed E-state index contributed by atoms with van der Waals surface area (Å²) in [6, 6.07) is 18.2. The van der Waals surface area contributed by atoms with Crippen molar-refractivity contribution in [3.8, 4) is 0 Å². The van der Waals surface area contributed by atoms with E-state index >= 15 is 0 Å². The molecule has 10 heteroatoms. The number of Topliss-reactive ketones (excluding diaryl/α,β-unsaturated/α-hetero) is 2. The third-order valence-corrected chi connectivity index (χ3v) is 7.55. The summed E-state index contributed by atoms with van der Waals surface area (Å²) in [7, 11) is 0. The zero-order chi connectivity index (χ0) is 25.4. The third-order valence-electron chi connectivity index (χ3n) is 7.02. The Labute approximate surface area is 211 Å². The van der Waals surface area contributed by atoms with E-state index in [0.717, 1.165) is 15.4 Å². The highest BCUT2D eigenvalue weighted by Crippen LogP contribution is 2.57. The minimum atomic E-state index is -2.20. The predicted octanol–water partition coefficient (Wildman–Crippen LogP) is 4.05. The molecule has 2 heterocycles. The van der Waals surface area contributed by atoms with Crippen LogP contribution in [0.2, 0.25) is 0 Å². The Morgan fingerprint density at radius 3 is 2.11 bits per heavy atom. The molecule has 2 fully saturated rings. The molecular weight excluding hydrogens is 532 g/mol. The lowest BCUT2D eigenvalue weighted by Gasteiger charge is -2.27. The van der Waals surface area contributed by atoms with E-state index < -0.39 is 51.8 Å². The van der Waals surface area contributed by atoms with Gasteiger partial charge < -0.3 is 4.74 Å². The van der Waals surface area contributed by atoms with Crippen molar-refractivity contribution in [2.75, 3.05) is 4.90 Å². The largest absolute Gasteiger partial charge is 0.349 e. The van der Waals surface area contributed by atoms with E-state index in [9.17, 15) is 29.3 Å². The van der Waals surface area contributed by atoms with Gasteiger partial charge in [-0.25, -0.2) is 4.90 Å². The molecule has 6 rings (SSSR count). The van der Waals surface area contributed by atoms with E-state index in [1.807, 2.05) is 0 Å². The van der Waals surface area contributed by atoms with Gasteiger partial charge in [-0.1, -0.05) is 58.4 Å². The molecule has 2 saturated heterocycles. The molecule has 3 aromatic rings. The fraction of sp³-hybridized carbons (Fsp3) is 0.154. The number of fused-ring (bicyclic) bond motifs is 3. The number of carbonyl (C=O) groups excluding carboxylic acids is 4. The van der Waals surface area contributed by atoms with Gasteiger partial charge in [0.2, 0.25) is 29.0 Å². The number of nitrogens with zero attached hydrogens (tertiary/aromatic N) is 2. The van der Waals surface area contributed by atoms with E-state index in [2.05, 4.69) is 15.9 Å². The SMILES string of the molecule is O=C1[C@@H]2[C@@H](c3ccc(Br)cc3)OC3(C(=O)c4ccccc4C3=O)[C@@H]2C(=O)N1c1cccc([N+](=O)[O-])c1. The van der Waals surface area contributed by atoms with Gasteiger partial charge in [-0.15, -0.1) is 0 Å². The first kappa shape index (κ1) is 22.4. The molecule has 0 unspecified atom stereocenters. The quantitative estimate of drug-likeness (QED) is 0.210. The van der Waals surface area contributed by atoms with Crippen molar-refractivity contribution in [1.82, 2.24) is 0 Å². The van der Waals surface area contributed by atoms with Crippen LogP contribution in [0.1, 0.15) is 32.4 Å². The van der Waals surface area contributed by atoms with E-state index in [1.54, 1.807) is 36.4 Å². The lowest BCUT2D eigenvalue weighted by atomic mass is 9.77. The van der Waals surface area contributed by atoms with E-state index in [-0.39, 0.29) is 22.5 Å². The van der Waals surface area contributed by atoms with Gasteiger partial charge in [-0.05, 0) is 23.8 Å². The summed E-state index contributed by atoms with van der Waals surface area (Å²) in [5.74, 6) is -5.43. The highest BCUT2D eigenvalue weighted by Gasteiger charge is 2.74. The Balaban J connectivity index is 1.54. The number of non-ortho nitro benzene ring substituents is 1. The smallest absolute Gasteiger partial charge is 0.271 e. The summed E-state index contributed by atoms with van der Waals surface area (Å²) in [4.78, 5) is 66.6. The molecule has 2 aliphatic heterocycles. The zero-order valence-corrected chi connectivity index (χ0v) is 19.9. The molecule has 0 saturated carbocycles. The molecule has 1 aliphatic carbocycles. The summed E-state index contributed by atoms with van der Waals surface area (Å²) in [6.07, 6.45) is -1.06. The van der Waals surface area contributed by atoms with Gasteiger partial charge in [0, 0.05) is 27.7 Å². The average Bonchev–Trinajstić information content (AvgIpc) is 3.44. The fourth-order valence-electron chi connectivity index (χ4n) is 5.47. The summed E-state index contributed by atoms with van der Waals surface area (Å²) >= 11 is 3.36. The molecule has 0 bridgehead atoms. The normalized spacial score (nSPS) is 23.9. The minimum absolute atomic E-state index is 0.00582. The Bertz CT molecular complexity index is 1480. The number of benzene rings is 3. The molecule has 3 aromatic carbocycles. The highest BCUT2D eigenvalue weighted by molar-refractivity contribution is 9.10. The monoisotopic (exact) mass is 546 g/mol. The lowest BCUT2D eigenvalue weighted by molar-refractivity contribution is -0.384. The maximum Gasteiger partial charge on any atom is 0.271 e. The Morgan fingerprint density at radius 2 is 1.50 bits per heavy atom. The van der Waals surface area contributed by atoms with Gasteiger partial charge in [0.25, 0.3) is 5.69 Å². The van der Waals surface area contributed by atoms with Gasteiger partial charge in [-0.2, -0.15) is 0 Å². The number of nitro groups is 1. The van der Waals surface area contributed by atoms with Crippen molar-refractivity contribution in [3.63, 3.8) is 0 Å². The number of ether oxygens (including phenoxy) is 1. The Kier molecular flexibility index (Phi) is 4.83. The predicted molar refractivity (Wildman–Crippen MR) is 128 cm³/mol. The van der Waals surface area contributed by atoms with Crippen LogP contribution in [0.3, 0.4) is 0 Å². The highest BCUT2D eigenvalue weighted by atomic mass is 79.9. The van der Waals surface area contributed by atoms with Crippen molar-refractivity contribution in [3.05, 3.63) is 104 Å². The second kappa shape index (κ2) is 7.74. The second-order valence-corrected chi connectivity index (χ2v) is 9.74. The molecular formula is C26H15BrN2O7. The van der Waals surface area contributed by atoms with Crippen LogP contribution < -0.4 is 4.90 Å². The van der Waals surface area contributed by atoms with Crippen molar-refractivity contribution in [2.45, 2.75) is 11.7 Å². The first-order chi connectivity index (χ1) is 17.3. The topological polar surface area (TPSA) is 124 Å². The molecule has 3 atom stereocenters. The first-order valence-electron chi connectivity index (χ1n) is 11.0. The maximum atomic E-state index is 13.9. The van der Waals surface area contributed by atoms with E-state index in [1.165, 1.54) is 30.3 Å². The molecule has 36 heavy (non-hydrogen) atoms. The number of rotatable bonds is 3. The molecule has 178 valence electrons. The fourth-order valence-corrected chi connectivity index (χ4v) is 5.74. The van der Waals surface area contributed by atoms with Crippen molar-refractivity contribution < 1.29 is 28.8 Å². The number of carbonyl (C=O) groups is 4. The second-order valence-electron chi connectivity index (χ2n) is 8.82. The summed E-state index contributed by atoms with van der Waals surface area (Å²) < 4.78 is 6.97. The molecule has 3 aliphatic rings. The number of nitro benzene ring substituents is 1. The van der Waals surface area contributed by atoms with Crippen molar-refractivity contribution >= 4 is 50.7 Å². The molecule has 1 spiro atoms. The van der Waals surface area contributed by atoms with E-state index in [0.29, 0.717) is 5.56 Å². The molecule has 2 amide bonds.